The first-order valence-electron chi connectivity index (χ1n) is 31.1. The van der Waals surface area contributed by atoms with Gasteiger partial charge in [-0.05, 0) is 57.8 Å². The van der Waals surface area contributed by atoms with E-state index in [1.54, 1.807) is 6.08 Å². The van der Waals surface area contributed by atoms with Crippen molar-refractivity contribution in [3.05, 3.63) is 24.3 Å². The molecule has 0 radical (unpaired) electrons. The van der Waals surface area contributed by atoms with E-state index in [2.05, 4.69) is 31.3 Å². The number of hydrogen-bond donors (Lipinski definition) is 3. The predicted molar refractivity (Wildman–Crippen MR) is 301 cm³/mol. The second-order valence-corrected chi connectivity index (χ2v) is 21.4. The number of hydrogen-bond acceptors (Lipinski definition) is 5. The van der Waals surface area contributed by atoms with Crippen LogP contribution in [0.4, 0.5) is 0 Å². The van der Waals surface area contributed by atoms with E-state index in [4.69, 9.17) is 4.74 Å². The number of amides is 1. The summed E-state index contributed by atoms with van der Waals surface area (Å²) in [4.78, 5) is 24.6. The molecule has 2 unspecified atom stereocenters. The molecule has 0 saturated heterocycles. The quantitative estimate of drug-likeness (QED) is 0.0321. The van der Waals surface area contributed by atoms with Gasteiger partial charge in [0.15, 0.2) is 0 Å². The summed E-state index contributed by atoms with van der Waals surface area (Å²) in [5.41, 5.74) is 0. The van der Waals surface area contributed by atoms with Crippen molar-refractivity contribution in [2.75, 3.05) is 13.2 Å². The second kappa shape index (κ2) is 58.9. The maximum Gasteiger partial charge on any atom is 0.305 e. The lowest BCUT2D eigenvalue weighted by atomic mass is 10.0. The Balaban J connectivity index is 3.51. The van der Waals surface area contributed by atoms with E-state index in [0.717, 1.165) is 83.5 Å². The standard InChI is InChI=1S/C63H121NO5/c1-3-5-7-9-11-13-15-17-19-21-22-23-24-25-26-27-29-30-32-35-39-43-47-51-55-61(66)60(59-65)64-62(67)56-52-48-44-40-36-34-38-42-46-50-54-58-69-63(68)57-53-49-45-41-37-33-31-28-20-18-16-14-12-10-8-6-4-2/h38,42,51,55,60-61,65-66H,3-37,39-41,43-50,52-54,56-59H2,1-2H3,(H,64,67)/b42-38-,55-51+. The molecule has 6 heteroatoms. The first-order valence-corrected chi connectivity index (χ1v) is 31.1. The molecule has 1 amide bonds. The largest absolute Gasteiger partial charge is 0.466 e. The summed E-state index contributed by atoms with van der Waals surface area (Å²) in [6.07, 6.45) is 72.2. The van der Waals surface area contributed by atoms with Crippen molar-refractivity contribution in [3.63, 3.8) is 0 Å². The SMILES string of the molecule is CCCCCCCCCCCCCCCCCCCCCCCC/C=C/C(O)C(CO)NC(=O)CCCCCCC/C=C\CCCCOC(=O)CCCCCCCCCCCCCCCCCCC. The molecule has 0 spiro atoms. The Morgan fingerprint density at radius 1 is 0.391 bits per heavy atom. The lowest BCUT2D eigenvalue weighted by molar-refractivity contribution is -0.143. The number of esters is 1. The van der Waals surface area contributed by atoms with Crippen molar-refractivity contribution in [2.45, 2.75) is 353 Å². The number of carbonyl (C=O) groups is 2. The number of unbranched alkanes of at least 4 members (excludes halogenated alkanes) is 45. The topological polar surface area (TPSA) is 95.9 Å². The van der Waals surface area contributed by atoms with E-state index in [9.17, 15) is 19.8 Å². The zero-order chi connectivity index (χ0) is 50.0. The van der Waals surface area contributed by atoms with Crippen molar-refractivity contribution in [1.82, 2.24) is 5.32 Å². The maximum atomic E-state index is 12.5. The number of rotatable bonds is 58. The van der Waals surface area contributed by atoms with Gasteiger partial charge in [-0.25, -0.2) is 0 Å². The summed E-state index contributed by atoms with van der Waals surface area (Å²) >= 11 is 0. The molecule has 3 N–H and O–H groups in total. The Labute approximate surface area is 431 Å². The van der Waals surface area contributed by atoms with Crippen molar-refractivity contribution < 1.29 is 24.5 Å². The Morgan fingerprint density at radius 3 is 1.03 bits per heavy atom. The predicted octanol–water partition coefficient (Wildman–Crippen LogP) is 19.4. The fourth-order valence-electron chi connectivity index (χ4n) is 9.69. The summed E-state index contributed by atoms with van der Waals surface area (Å²) in [5, 5.41) is 23.2. The summed E-state index contributed by atoms with van der Waals surface area (Å²) in [6.45, 7) is 4.86. The first-order chi connectivity index (χ1) is 34.0. The molecule has 0 aromatic carbocycles. The van der Waals surface area contributed by atoms with Crippen molar-refractivity contribution in [3.8, 4) is 0 Å². The smallest absolute Gasteiger partial charge is 0.305 e. The van der Waals surface area contributed by atoms with Crippen LogP contribution < -0.4 is 5.32 Å². The van der Waals surface area contributed by atoms with Crippen LogP contribution in [0.5, 0.6) is 0 Å². The molecule has 408 valence electrons. The van der Waals surface area contributed by atoms with Crippen LogP contribution in [-0.4, -0.2) is 47.4 Å². The monoisotopic (exact) mass is 972 g/mol. The van der Waals surface area contributed by atoms with Crippen molar-refractivity contribution >= 4 is 11.9 Å². The third-order valence-electron chi connectivity index (χ3n) is 14.5. The molecule has 0 aliphatic carbocycles. The van der Waals surface area contributed by atoms with Crippen LogP contribution >= 0.6 is 0 Å². The van der Waals surface area contributed by atoms with Gasteiger partial charge in [0.25, 0.3) is 0 Å². The van der Waals surface area contributed by atoms with Gasteiger partial charge in [0.2, 0.25) is 5.91 Å². The van der Waals surface area contributed by atoms with Gasteiger partial charge in [0.1, 0.15) is 0 Å². The van der Waals surface area contributed by atoms with E-state index in [0.29, 0.717) is 19.4 Å². The zero-order valence-corrected chi connectivity index (χ0v) is 46.6. The highest BCUT2D eigenvalue weighted by atomic mass is 16.5. The molecule has 0 rings (SSSR count). The average molecular weight is 973 g/mol. The highest BCUT2D eigenvalue weighted by Crippen LogP contribution is 2.18. The van der Waals surface area contributed by atoms with Crippen LogP contribution in [-0.2, 0) is 14.3 Å². The third-order valence-corrected chi connectivity index (χ3v) is 14.5. The molecule has 0 heterocycles. The van der Waals surface area contributed by atoms with Gasteiger partial charge in [0, 0.05) is 12.8 Å². The number of carbonyl (C=O) groups excluding carboxylic acids is 2. The van der Waals surface area contributed by atoms with Gasteiger partial charge in [-0.2, -0.15) is 0 Å². The number of aliphatic hydroxyl groups is 2. The van der Waals surface area contributed by atoms with E-state index in [1.807, 2.05) is 6.08 Å². The molecule has 0 aromatic rings. The highest BCUT2D eigenvalue weighted by Gasteiger charge is 2.18. The molecule has 0 aliphatic heterocycles. The maximum absolute atomic E-state index is 12.5. The molecule has 0 aliphatic rings. The van der Waals surface area contributed by atoms with E-state index in [-0.39, 0.29) is 18.5 Å². The van der Waals surface area contributed by atoms with Gasteiger partial charge < -0.3 is 20.3 Å². The van der Waals surface area contributed by atoms with Crippen molar-refractivity contribution in [1.29, 1.82) is 0 Å². The van der Waals surface area contributed by atoms with Crippen LogP contribution in [0.2, 0.25) is 0 Å². The van der Waals surface area contributed by atoms with Crippen LogP contribution in [0.3, 0.4) is 0 Å². The minimum absolute atomic E-state index is 0.0282. The summed E-state index contributed by atoms with van der Waals surface area (Å²) in [7, 11) is 0. The lowest BCUT2D eigenvalue weighted by Gasteiger charge is -2.20. The number of allylic oxidation sites excluding steroid dienone is 3. The first kappa shape index (κ1) is 67.3. The molecule has 0 aromatic heterocycles. The van der Waals surface area contributed by atoms with Crippen LogP contribution in [0.25, 0.3) is 0 Å². The zero-order valence-electron chi connectivity index (χ0n) is 46.6. The van der Waals surface area contributed by atoms with E-state index < -0.39 is 12.1 Å². The fraction of sp³-hybridized carbons (Fsp3) is 0.905. The molecule has 69 heavy (non-hydrogen) atoms. The van der Waals surface area contributed by atoms with Gasteiger partial charge in [-0.3, -0.25) is 9.59 Å². The Bertz CT molecular complexity index is 1080. The van der Waals surface area contributed by atoms with Gasteiger partial charge in [-0.1, -0.05) is 295 Å². The molecular weight excluding hydrogens is 851 g/mol. The Hall–Kier alpha value is -1.66. The fourth-order valence-corrected chi connectivity index (χ4v) is 9.69. The summed E-state index contributed by atoms with van der Waals surface area (Å²) < 4.78 is 5.46. The number of aliphatic hydroxyl groups excluding tert-OH is 2. The minimum atomic E-state index is -0.863. The number of ether oxygens (including phenoxy) is 1. The second-order valence-electron chi connectivity index (χ2n) is 21.4. The summed E-state index contributed by atoms with van der Waals surface area (Å²) in [6, 6.07) is -0.650. The number of nitrogens with one attached hydrogen (secondary N) is 1. The normalized spacial score (nSPS) is 12.7. The molecular formula is C63H121NO5. The molecule has 0 saturated carbocycles. The Kier molecular flexibility index (Phi) is 57.5. The minimum Gasteiger partial charge on any atom is -0.466 e. The van der Waals surface area contributed by atoms with Crippen LogP contribution in [0.15, 0.2) is 24.3 Å². The van der Waals surface area contributed by atoms with Gasteiger partial charge in [-0.15, -0.1) is 0 Å². The highest BCUT2D eigenvalue weighted by molar-refractivity contribution is 5.76. The van der Waals surface area contributed by atoms with Crippen LogP contribution in [0, 0.1) is 0 Å². The average Bonchev–Trinajstić information content (AvgIpc) is 3.35. The van der Waals surface area contributed by atoms with E-state index in [1.165, 1.54) is 231 Å². The lowest BCUT2D eigenvalue weighted by Crippen LogP contribution is -2.45. The molecule has 2 atom stereocenters. The van der Waals surface area contributed by atoms with Crippen molar-refractivity contribution in [2.24, 2.45) is 0 Å². The van der Waals surface area contributed by atoms with E-state index >= 15 is 0 Å². The molecule has 0 bridgehead atoms. The molecule has 0 fully saturated rings. The van der Waals surface area contributed by atoms with Gasteiger partial charge >= 0.3 is 5.97 Å². The van der Waals surface area contributed by atoms with Crippen LogP contribution in [0.1, 0.15) is 341 Å². The Morgan fingerprint density at radius 2 is 0.681 bits per heavy atom. The van der Waals surface area contributed by atoms with Gasteiger partial charge in [0.05, 0.1) is 25.4 Å². The third kappa shape index (κ3) is 55.5. The summed E-state index contributed by atoms with van der Waals surface area (Å²) in [5.74, 6) is -0.121. The molecule has 6 nitrogen and oxygen atoms in total.